The van der Waals surface area contributed by atoms with Gasteiger partial charge < -0.3 is 10.6 Å². The second-order valence-corrected chi connectivity index (χ2v) is 8.35. The van der Waals surface area contributed by atoms with Gasteiger partial charge in [-0.15, -0.1) is 0 Å². The van der Waals surface area contributed by atoms with Gasteiger partial charge in [-0.25, -0.2) is 0 Å². The molecule has 0 heterocycles. The van der Waals surface area contributed by atoms with E-state index in [1.807, 2.05) is 32.0 Å². The molecule has 2 rings (SSSR count). The molecule has 2 aromatic carbocycles. The number of nitrogens with one attached hydrogen (secondary N) is 2. The van der Waals surface area contributed by atoms with Crippen LogP contribution in [0.1, 0.15) is 49.1 Å². The van der Waals surface area contributed by atoms with Gasteiger partial charge in [-0.3, -0.25) is 14.5 Å². The fourth-order valence-corrected chi connectivity index (χ4v) is 3.44. The highest BCUT2D eigenvalue weighted by atomic mass is 16.2. The summed E-state index contributed by atoms with van der Waals surface area (Å²) in [4.78, 5) is 26.7. The van der Waals surface area contributed by atoms with E-state index in [9.17, 15) is 9.59 Å². The number of aryl methyl sites for hydroxylation is 2. The van der Waals surface area contributed by atoms with Crippen LogP contribution in [-0.2, 0) is 16.0 Å². The first-order valence-electron chi connectivity index (χ1n) is 10.6. The molecule has 0 saturated carbocycles. The molecule has 0 fully saturated rings. The minimum absolute atomic E-state index is 0.0550. The zero-order chi connectivity index (χ0) is 22.3. The van der Waals surface area contributed by atoms with Crippen molar-refractivity contribution in [1.29, 1.82) is 0 Å². The summed E-state index contributed by atoms with van der Waals surface area (Å²) in [6.07, 6.45) is 0.994. The molecule has 0 aliphatic rings. The van der Waals surface area contributed by atoms with Crippen molar-refractivity contribution in [2.75, 3.05) is 25.5 Å². The Morgan fingerprint density at radius 3 is 2.20 bits per heavy atom. The highest BCUT2D eigenvalue weighted by Crippen LogP contribution is 2.22. The molecule has 2 amide bonds. The van der Waals surface area contributed by atoms with Crippen molar-refractivity contribution in [3.63, 3.8) is 0 Å². The van der Waals surface area contributed by atoms with Gasteiger partial charge in [0.1, 0.15) is 0 Å². The van der Waals surface area contributed by atoms with Crippen LogP contribution in [0.15, 0.2) is 42.5 Å². The second-order valence-electron chi connectivity index (χ2n) is 8.35. The van der Waals surface area contributed by atoms with Crippen LogP contribution in [0.3, 0.4) is 0 Å². The minimum Gasteiger partial charge on any atom is -0.348 e. The summed E-state index contributed by atoms with van der Waals surface area (Å²) in [6, 6.07) is 14.2. The van der Waals surface area contributed by atoms with E-state index in [0.717, 1.165) is 28.8 Å². The van der Waals surface area contributed by atoms with Crippen LogP contribution in [0.5, 0.6) is 0 Å². The third kappa shape index (κ3) is 6.70. The van der Waals surface area contributed by atoms with Crippen molar-refractivity contribution >= 4 is 17.5 Å². The number of benzene rings is 2. The molecular formula is C25H35N3O2. The normalized spacial score (nSPS) is 12.1. The molecule has 1 atom stereocenters. The van der Waals surface area contributed by atoms with Crippen molar-refractivity contribution in [3.8, 4) is 0 Å². The Balaban J connectivity index is 1.91. The van der Waals surface area contributed by atoms with Gasteiger partial charge in [-0.2, -0.15) is 0 Å². The lowest BCUT2D eigenvalue weighted by Gasteiger charge is -2.25. The van der Waals surface area contributed by atoms with Crippen molar-refractivity contribution in [1.82, 2.24) is 10.2 Å². The summed E-state index contributed by atoms with van der Waals surface area (Å²) in [5.41, 5.74) is 5.38. The highest BCUT2D eigenvalue weighted by molar-refractivity contribution is 5.93. The molecule has 0 radical (unpaired) electrons. The van der Waals surface area contributed by atoms with Crippen molar-refractivity contribution in [2.45, 2.75) is 47.1 Å². The monoisotopic (exact) mass is 409 g/mol. The Morgan fingerprint density at radius 1 is 0.967 bits per heavy atom. The smallest absolute Gasteiger partial charge is 0.238 e. The second kappa shape index (κ2) is 10.9. The van der Waals surface area contributed by atoms with E-state index >= 15 is 0 Å². The quantitative estimate of drug-likeness (QED) is 0.651. The Bertz CT molecular complexity index is 859. The van der Waals surface area contributed by atoms with Gasteiger partial charge in [0.2, 0.25) is 11.8 Å². The summed E-state index contributed by atoms with van der Waals surface area (Å²) < 4.78 is 0. The van der Waals surface area contributed by atoms with Gasteiger partial charge in [0, 0.05) is 5.69 Å². The van der Waals surface area contributed by atoms with Crippen LogP contribution in [0.2, 0.25) is 0 Å². The lowest BCUT2D eigenvalue weighted by atomic mass is 9.95. The summed E-state index contributed by atoms with van der Waals surface area (Å²) in [5, 5.41) is 6.07. The number of nitrogens with zero attached hydrogens (tertiary/aromatic N) is 1. The van der Waals surface area contributed by atoms with E-state index < -0.39 is 0 Å². The molecule has 0 spiro atoms. The topological polar surface area (TPSA) is 61.4 Å². The summed E-state index contributed by atoms with van der Waals surface area (Å²) in [7, 11) is 1.78. The number of likely N-dealkylation sites (N-methyl/N-ethyl adjacent to an activating group) is 1. The first kappa shape index (κ1) is 23.6. The van der Waals surface area contributed by atoms with Crippen LogP contribution in [0.25, 0.3) is 0 Å². The van der Waals surface area contributed by atoms with Crippen molar-refractivity contribution in [2.24, 2.45) is 5.92 Å². The number of carbonyl (C=O) groups excluding carboxylic acids is 2. The molecule has 5 heteroatoms. The SMILES string of the molecule is CCc1ccc([C@H](NC(=O)CN(C)CC(=O)Nc2cccc(C)c2C)C(C)C)cc1. The standard InChI is InChI=1S/C25H35N3O2/c1-7-20-11-13-21(14-12-20)25(17(2)3)27-24(30)16-28(6)15-23(29)26-22-10-8-9-18(4)19(22)5/h8-14,17,25H,7,15-16H2,1-6H3,(H,26,29)(H,27,30)/t25-/m1/s1. The number of hydrogen-bond acceptors (Lipinski definition) is 3. The Kier molecular flexibility index (Phi) is 8.60. The Labute approximate surface area is 180 Å². The average molecular weight is 410 g/mol. The van der Waals surface area contributed by atoms with Crippen LogP contribution in [-0.4, -0.2) is 36.9 Å². The lowest BCUT2D eigenvalue weighted by molar-refractivity contribution is -0.123. The van der Waals surface area contributed by atoms with Crippen molar-refractivity contribution < 1.29 is 9.59 Å². The lowest BCUT2D eigenvalue weighted by Crippen LogP contribution is -2.41. The minimum atomic E-state index is -0.130. The van der Waals surface area contributed by atoms with Gasteiger partial charge in [-0.05, 0) is 61.6 Å². The third-order valence-corrected chi connectivity index (χ3v) is 5.44. The zero-order valence-corrected chi connectivity index (χ0v) is 19.1. The molecule has 30 heavy (non-hydrogen) atoms. The Hall–Kier alpha value is -2.66. The molecule has 2 aromatic rings. The number of anilines is 1. The molecule has 2 N–H and O–H groups in total. The average Bonchev–Trinajstić information content (AvgIpc) is 2.69. The zero-order valence-electron chi connectivity index (χ0n) is 19.1. The molecule has 0 aliphatic heterocycles. The van der Waals surface area contributed by atoms with E-state index in [2.05, 4.69) is 55.7 Å². The van der Waals surface area contributed by atoms with Gasteiger partial charge >= 0.3 is 0 Å². The van der Waals surface area contributed by atoms with E-state index in [4.69, 9.17) is 0 Å². The van der Waals surface area contributed by atoms with Crippen LogP contribution >= 0.6 is 0 Å². The predicted octanol–water partition coefficient (Wildman–Crippen LogP) is 4.25. The number of carbonyl (C=O) groups is 2. The van der Waals surface area contributed by atoms with E-state index in [1.165, 1.54) is 5.56 Å². The van der Waals surface area contributed by atoms with E-state index in [1.54, 1.807) is 11.9 Å². The number of rotatable bonds is 9. The fourth-order valence-electron chi connectivity index (χ4n) is 3.44. The number of amides is 2. The highest BCUT2D eigenvalue weighted by Gasteiger charge is 2.20. The molecular weight excluding hydrogens is 374 g/mol. The van der Waals surface area contributed by atoms with E-state index in [0.29, 0.717) is 0 Å². The first-order valence-corrected chi connectivity index (χ1v) is 10.6. The van der Waals surface area contributed by atoms with Crippen LogP contribution in [0.4, 0.5) is 5.69 Å². The van der Waals surface area contributed by atoms with Gasteiger partial charge in [0.25, 0.3) is 0 Å². The number of hydrogen-bond donors (Lipinski definition) is 2. The summed E-state index contributed by atoms with van der Waals surface area (Å²) in [5.74, 6) is 0.0456. The first-order chi connectivity index (χ1) is 14.2. The predicted molar refractivity (Wildman–Crippen MR) is 124 cm³/mol. The van der Waals surface area contributed by atoms with Gasteiger partial charge in [0.15, 0.2) is 0 Å². The molecule has 0 aliphatic carbocycles. The largest absolute Gasteiger partial charge is 0.348 e. The van der Waals surface area contributed by atoms with Crippen LogP contribution < -0.4 is 10.6 Å². The van der Waals surface area contributed by atoms with Crippen molar-refractivity contribution in [3.05, 3.63) is 64.7 Å². The maximum atomic E-state index is 12.6. The summed E-state index contributed by atoms with van der Waals surface area (Å²) in [6.45, 7) is 10.6. The van der Waals surface area contributed by atoms with Gasteiger partial charge in [0.05, 0.1) is 19.1 Å². The molecule has 0 saturated heterocycles. The maximum Gasteiger partial charge on any atom is 0.238 e. The molecule has 0 bridgehead atoms. The van der Waals surface area contributed by atoms with Gasteiger partial charge in [-0.1, -0.05) is 57.2 Å². The molecule has 162 valence electrons. The fraction of sp³-hybridized carbons (Fsp3) is 0.440. The Morgan fingerprint density at radius 2 is 1.60 bits per heavy atom. The van der Waals surface area contributed by atoms with Crippen LogP contribution in [0, 0.1) is 19.8 Å². The maximum absolute atomic E-state index is 12.6. The molecule has 0 aromatic heterocycles. The third-order valence-electron chi connectivity index (χ3n) is 5.44. The van der Waals surface area contributed by atoms with E-state index in [-0.39, 0.29) is 36.9 Å². The summed E-state index contributed by atoms with van der Waals surface area (Å²) >= 11 is 0. The molecule has 5 nitrogen and oxygen atoms in total. The molecule has 0 unspecified atom stereocenters.